The first kappa shape index (κ1) is 8.31. The molecule has 1 aromatic heterocycles. The van der Waals surface area contributed by atoms with E-state index in [4.69, 9.17) is 4.74 Å². The van der Waals surface area contributed by atoms with Gasteiger partial charge in [-0.2, -0.15) is 0 Å². The number of pyridine rings is 1. The van der Waals surface area contributed by atoms with Crippen LogP contribution in [0.1, 0.15) is 12.1 Å². The topological polar surface area (TPSA) is 54.4 Å². The first-order valence-electron chi connectivity index (χ1n) is 4.31. The molecule has 0 bridgehead atoms. The maximum atomic E-state index is 9.34. The summed E-state index contributed by atoms with van der Waals surface area (Å²) < 4.78 is 5.45. The fraction of sp³-hybridized carbons (Fsp3) is 0.444. The molecule has 0 radical (unpaired) electrons. The minimum absolute atomic E-state index is 0.0870. The van der Waals surface area contributed by atoms with Gasteiger partial charge in [0.2, 0.25) is 0 Å². The molecule has 2 rings (SSSR count). The number of rotatable bonds is 2. The van der Waals surface area contributed by atoms with Crippen LogP contribution in [0.25, 0.3) is 0 Å². The molecule has 13 heavy (non-hydrogen) atoms. The van der Waals surface area contributed by atoms with Crippen molar-refractivity contribution in [1.82, 2.24) is 10.3 Å². The Morgan fingerprint density at radius 1 is 1.69 bits per heavy atom. The minimum atomic E-state index is 0.0870. The smallest absolute Gasteiger partial charge is 0.151 e. The van der Waals surface area contributed by atoms with Gasteiger partial charge in [0.15, 0.2) is 6.23 Å². The zero-order chi connectivity index (χ0) is 9.26. The van der Waals surface area contributed by atoms with Gasteiger partial charge in [0.1, 0.15) is 11.5 Å². The van der Waals surface area contributed by atoms with Crippen LogP contribution in [-0.4, -0.2) is 22.9 Å². The van der Waals surface area contributed by atoms with Gasteiger partial charge < -0.3 is 9.84 Å². The third-order valence-electron chi connectivity index (χ3n) is 2.09. The van der Waals surface area contributed by atoms with Crippen LogP contribution in [0.15, 0.2) is 12.3 Å². The van der Waals surface area contributed by atoms with E-state index >= 15 is 0 Å². The first-order chi connectivity index (χ1) is 6.25. The molecule has 4 nitrogen and oxygen atoms in total. The molecule has 0 saturated carbocycles. The van der Waals surface area contributed by atoms with E-state index in [2.05, 4.69) is 10.3 Å². The number of nitrogens with zero attached hydrogens (tertiary/aromatic N) is 1. The Balaban J connectivity index is 2.07. The van der Waals surface area contributed by atoms with Crippen molar-refractivity contribution in [2.24, 2.45) is 0 Å². The lowest BCUT2D eigenvalue weighted by molar-refractivity contribution is 0.0979. The van der Waals surface area contributed by atoms with E-state index in [1.165, 1.54) is 0 Å². The largest absolute Gasteiger partial charge is 0.506 e. The molecule has 1 unspecified atom stereocenters. The average Bonchev–Trinajstić information content (AvgIpc) is 2.04. The van der Waals surface area contributed by atoms with Gasteiger partial charge >= 0.3 is 0 Å². The van der Waals surface area contributed by atoms with Crippen LogP contribution < -0.4 is 10.1 Å². The predicted octanol–water partition coefficient (Wildman–Crippen LogP) is 0.794. The maximum Gasteiger partial charge on any atom is 0.151 e. The van der Waals surface area contributed by atoms with Crippen LogP contribution >= 0.6 is 0 Å². The highest BCUT2D eigenvalue weighted by Gasteiger charge is 2.18. The van der Waals surface area contributed by atoms with Gasteiger partial charge in [-0.1, -0.05) is 0 Å². The van der Waals surface area contributed by atoms with E-state index in [9.17, 15) is 5.11 Å². The summed E-state index contributed by atoms with van der Waals surface area (Å²) in [6.07, 6.45) is 2.72. The zero-order valence-electron chi connectivity index (χ0n) is 7.45. The lowest BCUT2D eigenvalue weighted by atomic mass is 10.2. The molecule has 1 aliphatic rings. The number of aromatic nitrogens is 1. The number of ether oxygens (including phenoxy) is 1. The Kier molecular flexibility index (Phi) is 2.06. The van der Waals surface area contributed by atoms with Crippen molar-refractivity contribution in [1.29, 1.82) is 0 Å². The lowest BCUT2D eigenvalue weighted by Crippen LogP contribution is -2.46. The van der Waals surface area contributed by atoms with Crippen LogP contribution in [0.5, 0.6) is 11.5 Å². The second kappa shape index (κ2) is 3.22. The van der Waals surface area contributed by atoms with Gasteiger partial charge in [-0.3, -0.25) is 10.3 Å². The number of aromatic hydroxyl groups is 1. The highest BCUT2D eigenvalue weighted by molar-refractivity contribution is 5.32. The Morgan fingerprint density at radius 2 is 2.46 bits per heavy atom. The Labute approximate surface area is 76.6 Å². The standard InChI is InChI=1S/C9H12N2O2/c1-6-8(12)4-7(5-11-6)13-9-2-3-10-9/h4-5,9-10,12H,2-3H2,1H3. The van der Waals surface area contributed by atoms with E-state index in [0.717, 1.165) is 13.0 Å². The van der Waals surface area contributed by atoms with Crippen molar-refractivity contribution < 1.29 is 9.84 Å². The van der Waals surface area contributed by atoms with Gasteiger partial charge in [-0.25, -0.2) is 0 Å². The molecule has 2 N–H and O–H groups in total. The highest BCUT2D eigenvalue weighted by atomic mass is 16.5. The fourth-order valence-corrected chi connectivity index (χ4v) is 1.09. The van der Waals surface area contributed by atoms with Crippen LogP contribution in [0, 0.1) is 6.92 Å². The molecule has 1 fully saturated rings. The quantitative estimate of drug-likeness (QED) is 0.706. The Morgan fingerprint density at radius 3 is 3.00 bits per heavy atom. The van der Waals surface area contributed by atoms with E-state index in [1.54, 1.807) is 19.2 Å². The van der Waals surface area contributed by atoms with Crippen molar-refractivity contribution in [3.05, 3.63) is 18.0 Å². The van der Waals surface area contributed by atoms with Gasteiger partial charge in [0.25, 0.3) is 0 Å². The van der Waals surface area contributed by atoms with E-state index in [1.807, 2.05) is 0 Å². The molecule has 1 aliphatic heterocycles. The van der Waals surface area contributed by atoms with Crippen LogP contribution in [0.3, 0.4) is 0 Å². The molecule has 1 saturated heterocycles. The van der Waals surface area contributed by atoms with E-state index in [-0.39, 0.29) is 12.0 Å². The Bertz CT molecular complexity index is 310. The first-order valence-corrected chi connectivity index (χ1v) is 4.31. The number of aryl methyl sites for hydroxylation is 1. The SMILES string of the molecule is Cc1ncc(OC2CCN2)cc1O. The van der Waals surface area contributed by atoms with Crippen LogP contribution in [0.2, 0.25) is 0 Å². The molecule has 0 spiro atoms. The van der Waals surface area contributed by atoms with Gasteiger partial charge in [0.05, 0.1) is 11.9 Å². The third kappa shape index (κ3) is 1.72. The average molecular weight is 180 g/mol. The fourth-order valence-electron chi connectivity index (χ4n) is 1.09. The normalized spacial score (nSPS) is 20.8. The minimum Gasteiger partial charge on any atom is -0.506 e. The van der Waals surface area contributed by atoms with Crippen LogP contribution in [0.4, 0.5) is 0 Å². The maximum absolute atomic E-state index is 9.34. The van der Waals surface area contributed by atoms with E-state index in [0.29, 0.717) is 11.4 Å². The van der Waals surface area contributed by atoms with Gasteiger partial charge in [0, 0.05) is 19.0 Å². The molecular weight excluding hydrogens is 168 g/mol. The second-order valence-corrected chi connectivity index (χ2v) is 3.12. The lowest BCUT2D eigenvalue weighted by Gasteiger charge is -2.27. The number of nitrogens with one attached hydrogen (secondary N) is 1. The molecule has 1 aromatic rings. The van der Waals surface area contributed by atoms with Crippen molar-refractivity contribution in [2.45, 2.75) is 19.6 Å². The summed E-state index contributed by atoms with van der Waals surface area (Å²) in [5, 5.41) is 12.4. The molecule has 1 atom stereocenters. The predicted molar refractivity (Wildman–Crippen MR) is 47.7 cm³/mol. The molecule has 0 aromatic carbocycles. The number of hydrogen-bond acceptors (Lipinski definition) is 4. The highest BCUT2D eigenvalue weighted by Crippen LogP contribution is 2.21. The molecule has 2 heterocycles. The summed E-state index contributed by atoms with van der Waals surface area (Å²) in [5.41, 5.74) is 0.619. The van der Waals surface area contributed by atoms with Gasteiger partial charge in [-0.05, 0) is 6.92 Å². The van der Waals surface area contributed by atoms with Crippen LogP contribution in [-0.2, 0) is 0 Å². The summed E-state index contributed by atoms with van der Waals surface area (Å²) >= 11 is 0. The summed E-state index contributed by atoms with van der Waals surface area (Å²) in [6.45, 7) is 2.75. The summed E-state index contributed by atoms with van der Waals surface area (Å²) in [6, 6.07) is 1.59. The summed E-state index contributed by atoms with van der Waals surface area (Å²) in [5.74, 6) is 0.789. The van der Waals surface area contributed by atoms with Gasteiger partial charge in [-0.15, -0.1) is 0 Å². The third-order valence-corrected chi connectivity index (χ3v) is 2.09. The second-order valence-electron chi connectivity index (χ2n) is 3.12. The summed E-state index contributed by atoms with van der Waals surface area (Å²) in [7, 11) is 0. The zero-order valence-corrected chi connectivity index (χ0v) is 7.45. The molecule has 4 heteroatoms. The molecule has 0 aliphatic carbocycles. The molecule has 70 valence electrons. The molecule has 0 amide bonds. The summed E-state index contributed by atoms with van der Waals surface area (Å²) in [4.78, 5) is 3.99. The molecular formula is C9H12N2O2. The van der Waals surface area contributed by atoms with Crippen molar-refractivity contribution in [3.8, 4) is 11.5 Å². The Hall–Kier alpha value is -1.29. The monoisotopic (exact) mass is 180 g/mol. The van der Waals surface area contributed by atoms with Crippen molar-refractivity contribution >= 4 is 0 Å². The van der Waals surface area contributed by atoms with E-state index < -0.39 is 0 Å². The van der Waals surface area contributed by atoms with Crippen molar-refractivity contribution in [3.63, 3.8) is 0 Å². The van der Waals surface area contributed by atoms with Crippen molar-refractivity contribution in [2.75, 3.05) is 6.54 Å². The number of hydrogen-bond donors (Lipinski definition) is 2.